The van der Waals surface area contributed by atoms with E-state index in [1.165, 1.54) is 29.2 Å². The summed E-state index contributed by atoms with van der Waals surface area (Å²) >= 11 is 2.91. The summed E-state index contributed by atoms with van der Waals surface area (Å²) in [5, 5.41) is 1.94. The normalized spacial score (nSPS) is 12.1. The number of fused-ring (bicyclic) bond motifs is 1. The van der Waals surface area contributed by atoms with Crippen molar-refractivity contribution >= 4 is 33.7 Å². The number of halogens is 3. The molecule has 0 unspecified atom stereocenters. The maximum absolute atomic E-state index is 12.6. The van der Waals surface area contributed by atoms with Gasteiger partial charge in [-0.05, 0) is 18.2 Å². The van der Waals surface area contributed by atoms with Crippen LogP contribution in [0.3, 0.4) is 0 Å². The number of aromatic nitrogens is 2. The molecule has 0 saturated heterocycles. The number of alkyl halides is 3. The molecule has 0 fully saturated rings. The number of nitrogen functional groups attached to an aromatic ring is 1. The van der Waals surface area contributed by atoms with Crippen molar-refractivity contribution in [2.24, 2.45) is 0 Å². The smallest absolute Gasteiger partial charge is 0.398 e. The third kappa shape index (κ3) is 3.01. The second-order valence-electron chi connectivity index (χ2n) is 4.36. The van der Waals surface area contributed by atoms with Crippen LogP contribution in [0.4, 0.5) is 18.9 Å². The van der Waals surface area contributed by atoms with Gasteiger partial charge in [0.1, 0.15) is 0 Å². The maximum atomic E-state index is 12.6. The quantitative estimate of drug-likeness (QED) is 0.576. The Labute approximate surface area is 126 Å². The highest BCUT2D eigenvalue weighted by Gasteiger charge is 2.30. The van der Waals surface area contributed by atoms with Crippen LogP contribution in [-0.4, -0.2) is 9.38 Å². The minimum atomic E-state index is -4.37. The molecular formula is C13H10F3N3S2. The summed E-state index contributed by atoms with van der Waals surface area (Å²) < 4.78 is 39.6. The predicted molar refractivity (Wildman–Crippen MR) is 78.5 cm³/mol. The Morgan fingerprint density at radius 3 is 2.81 bits per heavy atom. The highest BCUT2D eigenvalue weighted by molar-refractivity contribution is 7.98. The van der Waals surface area contributed by atoms with E-state index in [1.807, 2.05) is 22.2 Å². The lowest BCUT2D eigenvalue weighted by molar-refractivity contribution is -0.137. The van der Waals surface area contributed by atoms with Crippen LogP contribution < -0.4 is 5.73 Å². The summed E-state index contributed by atoms with van der Waals surface area (Å²) in [5.74, 6) is 0.559. The van der Waals surface area contributed by atoms with Crippen molar-refractivity contribution in [3.8, 4) is 0 Å². The summed E-state index contributed by atoms with van der Waals surface area (Å²) in [4.78, 5) is 5.93. The number of hydrogen-bond donors (Lipinski definition) is 1. The van der Waals surface area contributed by atoms with Crippen molar-refractivity contribution in [2.75, 3.05) is 5.73 Å². The monoisotopic (exact) mass is 329 g/mol. The molecule has 0 atom stereocenters. The van der Waals surface area contributed by atoms with Crippen LogP contribution >= 0.6 is 23.1 Å². The van der Waals surface area contributed by atoms with Crippen LogP contribution in [0.15, 0.2) is 40.9 Å². The molecule has 2 heterocycles. The van der Waals surface area contributed by atoms with Crippen molar-refractivity contribution in [2.45, 2.75) is 16.8 Å². The molecule has 3 rings (SSSR count). The Bertz CT molecular complexity index is 748. The van der Waals surface area contributed by atoms with Gasteiger partial charge in [-0.2, -0.15) is 13.2 Å². The predicted octanol–water partition coefficient (Wildman–Crippen LogP) is 4.29. The average molecular weight is 329 g/mol. The molecule has 0 bridgehead atoms. The van der Waals surface area contributed by atoms with E-state index in [9.17, 15) is 13.2 Å². The molecule has 0 aliphatic rings. The van der Waals surface area contributed by atoms with Gasteiger partial charge in [-0.15, -0.1) is 23.1 Å². The molecule has 2 aromatic heterocycles. The fourth-order valence-electron chi connectivity index (χ4n) is 1.85. The first kappa shape index (κ1) is 14.3. The Morgan fingerprint density at radius 1 is 1.33 bits per heavy atom. The zero-order valence-corrected chi connectivity index (χ0v) is 12.2. The molecular weight excluding hydrogens is 319 g/mol. The number of nitrogens with zero attached hydrogens (tertiary/aromatic N) is 2. The van der Waals surface area contributed by atoms with Crippen molar-refractivity contribution in [1.29, 1.82) is 0 Å². The number of thioether (sulfide) groups is 1. The van der Waals surface area contributed by atoms with Crippen molar-refractivity contribution < 1.29 is 13.2 Å². The van der Waals surface area contributed by atoms with Crippen LogP contribution in [0, 0.1) is 0 Å². The highest BCUT2D eigenvalue weighted by atomic mass is 32.2. The highest BCUT2D eigenvalue weighted by Crippen LogP contribution is 2.35. The fourth-order valence-corrected chi connectivity index (χ4v) is 3.40. The summed E-state index contributed by atoms with van der Waals surface area (Å²) in [7, 11) is 0. The van der Waals surface area contributed by atoms with Crippen LogP contribution in [0.2, 0.25) is 0 Å². The Hall–Kier alpha value is -1.67. The zero-order valence-electron chi connectivity index (χ0n) is 10.6. The van der Waals surface area contributed by atoms with Gasteiger partial charge in [0.05, 0.1) is 11.3 Å². The molecule has 21 heavy (non-hydrogen) atoms. The average Bonchev–Trinajstić information content (AvgIpc) is 2.96. The summed E-state index contributed by atoms with van der Waals surface area (Å²) in [6.07, 6.45) is -0.557. The summed E-state index contributed by atoms with van der Waals surface area (Å²) in [6.45, 7) is 0. The molecule has 2 N–H and O–H groups in total. The van der Waals surface area contributed by atoms with E-state index in [-0.39, 0.29) is 5.69 Å². The summed E-state index contributed by atoms with van der Waals surface area (Å²) in [6, 6.07) is 3.42. The van der Waals surface area contributed by atoms with Crippen molar-refractivity contribution in [3.63, 3.8) is 0 Å². The van der Waals surface area contributed by atoms with Crippen LogP contribution in [0.5, 0.6) is 0 Å². The van der Waals surface area contributed by atoms with Crippen molar-refractivity contribution in [1.82, 2.24) is 9.38 Å². The number of rotatable bonds is 3. The zero-order chi connectivity index (χ0) is 15.0. The standard InChI is InChI=1S/C13H10F3N3S2/c14-13(15,16)8-1-2-11(10(17)5-8)21-7-9-6-19-3-4-20-12(19)18-9/h1-6H,7,17H2. The molecule has 0 radical (unpaired) electrons. The van der Waals surface area contributed by atoms with E-state index in [0.717, 1.165) is 22.8 Å². The molecule has 1 aromatic carbocycles. The minimum Gasteiger partial charge on any atom is -0.398 e. The van der Waals surface area contributed by atoms with Crippen LogP contribution in [0.25, 0.3) is 4.96 Å². The van der Waals surface area contributed by atoms with E-state index in [4.69, 9.17) is 5.73 Å². The molecule has 3 aromatic rings. The third-order valence-electron chi connectivity index (χ3n) is 2.86. The van der Waals surface area contributed by atoms with Gasteiger partial charge in [-0.1, -0.05) is 0 Å². The van der Waals surface area contributed by atoms with Gasteiger partial charge < -0.3 is 5.73 Å². The van der Waals surface area contributed by atoms with E-state index in [0.29, 0.717) is 10.6 Å². The van der Waals surface area contributed by atoms with E-state index >= 15 is 0 Å². The molecule has 110 valence electrons. The lowest BCUT2D eigenvalue weighted by atomic mass is 10.2. The van der Waals surface area contributed by atoms with Gasteiger partial charge in [0.25, 0.3) is 0 Å². The lowest BCUT2D eigenvalue weighted by Crippen LogP contribution is -2.05. The van der Waals surface area contributed by atoms with E-state index < -0.39 is 11.7 Å². The molecule has 0 aliphatic heterocycles. The molecule has 0 aliphatic carbocycles. The fraction of sp³-hybridized carbons (Fsp3) is 0.154. The molecule has 0 saturated carbocycles. The number of hydrogen-bond acceptors (Lipinski definition) is 4. The van der Waals surface area contributed by atoms with Gasteiger partial charge >= 0.3 is 6.18 Å². The minimum absolute atomic E-state index is 0.135. The first-order valence-corrected chi connectivity index (χ1v) is 7.80. The molecule has 0 amide bonds. The second kappa shape index (κ2) is 5.27. The number of thiazole rings is 1. The lowest BCUT2D eigenvalue weighted by Gasteiger charge is -2.10. The first-order valence-electron chi connectivity index (χ1n) is 5.94. The molecule has 0 spiro atoms. The largest absolute Gasteiger partial charge is 0.416 e. The Balaban J connectivity index is 1.74. The van der Waals surface area contributed by atoms with Gasteiger partial charge in [0.15, 0.2) is 4.96 Å². The Morgan fingerprint density at radius 2 is 2.14 bits per heavy atom. The van der Waals surface area contributed by atoms with Gasteiger partial charge in [-0.3, -0.25) is 4.40 Å². The van der Waals surface area contributed by atoms with Crippen LogP contribution in [0.1, 0.15) is 11.3 Å². The van der Waals surface area contributed by atoms with Gasteiger partial charge in [0.2, 0.25) is 0 Å². The maximum Gasteiger partial charge on any atom is 0.416 e. The van der Waals surface area contributed by atoms with E-state index in [2.05, 4.69) is 4.98 Å². The molecule has 8 heteroatoms. The first-order chi connectivity index (χ1) is 9.93. The molecule has 3 nitrogen and oxygen atoms in total. The van der Waals surface area contributed by atoms with Crippen LogP contribution in [-0.2, 0) is 11.9 Å². The Kier molecular flexibility index (Phi) is 3.58. The topological polar surface area (TPSA) is 43.3 Å². The van der Waals surface area contributed by atoms with Gasteiger partial charge in [0, 0.05) is 34.1 Å². The number of anilines is 1. The summed E-state index contributed by atoms with van der Waals surface area (Å²) in [5.41, 5.74) is 5.97. The third-order valence-corrected chi connectivity index (χ3v) is 4.75. The van der Waals surface area contributed by atoms with E-state index in [1.54, 1.807) is 0 Å². The van der Waals surface area contributed by atoms with Gasteiger partial charge in [-0.25, -0.2) is 4.98 Å². The van der Waals surface area contributed by atoms with Crippen molar-refractivity contribution in [3.05, 3.63) is 47.2 Å². The number of benzene rings is 1. The number of nitrogens with two attached hydrogens (primary N) is 1. The SMILES string of the molecule is Nc1cc(C(F)(F)F)ccc1SCc1cn2ccsc2n1. The number of imidazole rings is 1. The second-order valence-corrected chi connectivity index (χ2v) is 6.25.